The zero-order valence-electron chi connectivity index (χ0n) is 13.2. The van der Waals surface area contributed by atoms with Crippen molar-refractivity contribution in [1.82, 2.24) is 9.80 Å². The van der Waals surface area contributed by atoms with Gasteiger partial charge in [0.1, 0.15) is 0 Å². The van der Waals surface area contributed by atoms with Crippen LogP contribution in [-0.2, 0) is 9.53 Å². The molecule has 2 aliphatic rings. The number of hydrogen-bond donors (Lipinski definition) is 0. The first-order valence-corrected chi connectivity index (χ1v) is 7.88. The van der Waals surface area contributed by atoms with Gasteiger partial charge in [0.2, 0.25) is 0 Å². The maximum atomic E-state index is 12.3. The Morgan fingerprint density at radius 3 is 2.43 bits per heavy atom. The van der Waals surface area contributed by atoms with Crippen molar-refractivity contribution in [2.45, 2.75) is 25.3 Å². The second-order valence-electron chi connectivity index (χ2n) is 5.92. The molecule has 0 spiro atoms. The molecule has 0 aliphatic carbocycles. The predicted molar refractivity (Wildman–Crippen MR) is 83.0 cm³/mol. The SMILES string of the molecule is COC(=O)CC1CCCN1CCN1C(=O)c2ccccc2C1=O. The Kier molecular flexibility index (Phi) is 4.43. The zero-order chi connectivity index (χ0) is 16.4. The highest BCUT2D eigenvalue weighted by atomic mass is 16.5. The summed E-state index contributed by atoms with van der Waals surface area (Å²) in [5, 5.41) is 0. The third kappa shape index (κ3) is 2.99. The van der Waals surface area contributed by atoms with E-state index in [9.17, 15) is 14.4 Å². The largest absolute Gasteiger partial charge is 0.469 e. The van der Waals surface area contributed by atoms with Crippen LogP contribution in [0.25, 0.3) is 0 Å². The lowest BCUT2D eigenvalue weighted by atomic mass is 10.1. The molecule has 1 atom stereocenters. The minimum absolute atomic E-state index is 0.137. The Hall–Kier alpha value is -2.21. The fourth-order valence-corrected chi connectivity index (χ4v) is 3.37. The maximum absolute atomic E-state index is 12.3. The third-order valence-corrected chi connectivity index (χ3v) is 4.62. The van der Waals surface area contributed by atoms with E-state index >= 15 is 0 Å². The van der Waals surface area contributed by atoms with E-state index in [2.05, 4.69) is 4.90 Å². The number of fused-ring (bicyclic) bond motifs is 1. The molecule has 0 bridgehead atoms. The Morgan fingerprint density at radius 2 is 1.83 bits per heavy atom. The van der Waals surface area contributed by atoms with Crippen molar-refractivity contribution in [3.8, 4) is 0 Å². The molecule has 0 aromatic heterocycles. The lowest BCUT2D eigenvalue weighted by molar-refractivity contribution is -0.141. The minimum atomic E-state index is -0.227. The summed E-state index contributed by atoms with van der Waals surface area (Å²) in [7, 11) is 1.39. The Labute approximate surface area is 135 Å². The number of amides is 2. The molecule has 23 heavy (non-hydrogen) atoms. The van der Waals surface area contributed by atoms with E-state index in [0.717, 1.165) is 19.4 Å². The van der Waals surface area contributed by atoms with Gasteiger partial charge in [-0.3, -0.25) is 24.2 Å². The van der Waals surface area contributed by atoms with Gasteiger partial charge in [0, 0.05) is 19.1 Å². The normalized spacial score (nSPS) is 20.9. The standard InChI is InChI=1S/C17H20N2O4/c1-23-15(20)11-12-5-4-8-18(12)9-10-19-16(21)13-6-2-3-7-14(13)17(19)22/h2-3,6-7,12H,4-5,8-11H2,1H3. The molecule has 3 rings (SSSR count). The summed E-state index contributed by atoms with van der Waals surface area (Å²) in [6, 6.07) is 7.04. The first-order chi connectivity index (χ1) is 11.1. The molecule has 1 unspecified atom stereocenters. The Balaban J connectivity index is 1.62. The summed E-state index contributed by atoms with van der Waals surface area (Å²) in [6.45, 7) is 1.82. The molecule has 1 fully saturated rings. The summed E-state index contributed by atoms with van der Waals surface area (Å²) in [4.78, 5) is 39.6. The predicted octanol–water partition coefficient (Wildman–Crippen LogP) is 1.31. The van der Waals surface area contributed by atoms with E-state index in [4.69, 9.17) is 4.74 Å². The monoisotopic (exact) mass is 316 g/mol. The van der Waals surface area contributed by atoms with E-state index < -0.39 is 0 Å². The van der Waals surface area contributed by atoms with E-state index in [1.165, 1.54) is 12.0 Å². The van der Waals surface area contributed by atoms with Crippen LogP contribution in [0.3, 0.4) is 0 Å². The zero-order valence-corrected chi connectivity index (χ0v) is 13.2. The van der Waals surface area contributed by atoms with Gasteiger partial charge in [0.05, 0.1) is 24.7 Å². The van der Waals surface area contributed by atoms with Crippen molar-refractivity contribution in [3.05, 3.63) is 35.4 Å². The van der Waals surface area contributed by atoms with Crippen molar-refractivity contribution in [2.75, 3.05) is 26.7 Å². The number of nitrogens with zero attached hydrogens (tertiary/aromatic N) is 2. The quantitative estimate of drug-likeness (QED) is 0.605. The van der Waals surface area contributed by atoms with Crippen LogP contribution >= 0.6 is 0 Å². The van der Waals surface area contributed by atoms with Crippen LogP contribution in [0.4, 0.5) is 0 Å². The summed E-state index contributed by atoms with van der Waals surface area (Å²) in [6.07, 6.45) is 2.32. The van der Waals surface area contributed by atoms with Crippen LogP contribution in [0.15, 0.2) is 24.3 Å². The molecule has 2 amide bonds. The van der Waals surface area contributed by atoms with Crippen molar-refractivity contribution in [1.29, 1.82) is 0 Å². The van der Waals surface area contributed by atoms with Crippen molar-refractivity contribution >= 4 is 17.8 Å². The van der Waals surface area contributed by atoms with Gasteiger partial charge in [0.15, 0.2) is 0 Å². The van der Waals surface area contributed by atoms with E-state index in [0.29, 0.717) is 30.6 Å². The topological polar surface area (TPSA) is 66.9 Å². The second-order valence-corrected chi connectivity index (χ2v) is 5.92. The maximum Gasteiger partial charge on any atom is 0.307 e. The van der Waals surface area contributed by atoms with Crippen LogP contribution in [0, 0.1) is 0 Å². The molecule has 2 heterocycles. The molecule has 1 aromatic carbocycles. The molecule has 2 aliphatic heterocycles. The van der Waals surface area contributed by atoms with Gasteiger partial charge >= 0.3 is 5.97 Å². The summed E-state index contributed by atoms with van der Waals surface area (Å²) in [5.41, 5.74) is 0.954. The minimum Gasteiger partial charge on any atom is -0.469 e. The molecule has 1 aromatic rings. The third-order valence-electron chi connectivity index (χ3n) is 4.62. The molecule has 0 saturated carbocycles. The van der Waals surface area contributed by atoms with Crippen LogP contribution < -0.4 is 0 Å². The van der Waals surface area contributed by atoms with Crippen LogP contribution in [-0.4, -0.2) is 60.4 Å². The van der Waals surface area contributed by atoms with E-state index in [1.807, 2.05) is 0 Å². The number of carbonyl (C=O) groups is 3. The van der Waals surface area contributed by atoms with Gasteiger partial charge in [-0.1, -0.05) is 12.1 Å². The molecule has 6 nitrogen and oxygen atoms in total. The average molecular weight is 316 g/mol. The second kappa shape index (κ2) is 6.50. The van der Waals surface area contributed by atoms with E-state index in [-0.39, 0.29) is 23.8 Å². The highest BCUT2D eigenvalue weighted by Crippen LogP contribution is 2.24. The van der Waals surface area contributed by atoms with Gasteiger partial charge in [0.25, 0.3) is 11.8 Å². The van der Waals surface area contributed by atoms with Gasteiger partial charge in [-0.2, -0.15) is 0 Å². The van der Waals surface area contributed by atoms with Gasteiger partial charge in [-0.25, -0.2) is 0 Å². The van der Waals surface area contributed by atoms with Crippen molar-refractivity contribution in [3.63, 3.8) is 0 Å². The molecule has 122 valence electrons. The molecule has 0 radical (unpaired) electrons. The summed E-state index contributed by atoms with van der Waals surface area (Å²) in [5.74, 6) is -0.675. The van der Waals surface area contributed by atoms with Gasteiger partial charge in [-0.15, -0.1) is 0 Å². The number of methoxy groups -OCH3 is 1. The van der Waals surface area contributed by atoms with Crippen LogP contribution in [0.2, 0.25) is 0 Å². The number of rotatable bonds is 5. The molecular formula is C17H20N2O4. The Morgan fingerprint density at radius 1 is 1.17 bits per heavy atom. The lowest BCUT2D eigenvalue weighted by Crippen LogP contribution is -2.40. The van der Waals surface area contributed by atoms with Crippen LogP contribution in [0.1, 0.15) is 40.0 Å². The van der Waals surface area contributed by atoms with Crippen LogP contribution in [0.5, 0.6) is 0 Å². The molecule has 0 N–H and O–H groups in total. The van der Waals surface area contributed by atoms with Crippen molar-refractivity contribution in [2.24, 2.45) is 0 Å². The fraction of sp³-hybridized carbons (Fsp3) is 0.471. The highest BCUT2D eigenvalue weighted by molar-refractivity contribution is 6.21. The number of ether oxygens (including phenoxy) is 1. The van der Waals surface area contributed by atoms with Gasteiger partial charge in [-0.05, 0) is 31.5 Å². The average Bonchev–Trinajstić information content (AvgIpc) is 3.10. The number of benzene rings is 1. The Bertz CT molecular complexity index is 608. The van der Waals surface area contributed by atoms with Gasteiger partial charge < -0.3 is 4.74 Å². The number of esters is 1. The number of imide groups is 1. The summed E-state index contributed by atoms with van der Waals surface area (Å²) >= 11 is 0. The fourth-order valence-electron chi connectivity index (χ4n) is 3.37. The first-order valence-electron chi connectivity index (χ1n) is 7.88. The highest BCUT2D eigenvalue weighted by Gasteiger charge is 2.36. The smallest absolute Gasteiger partial charge is 0.307 e. The van der Waals surface area contributed by atoms with E-state index in [1.54, 1.807) is 24.3 Å². The molecular weight excluding hydrogens is 296 g/mol. The first kappa shape index (κ1) is 15.7. The lowest BCUT2D eigenvalue weighted by Gasteiger charge is -2.25. The number of hydrogen-bond acceptors (Lipinski definition) is 5. The molecule has 6 heteroatoms. The van der Waals surface area contributed by atoms with Crippen molar-refractivity contribution < 1.29 is 19.1 Å². The summed E-state index contributed by atoms with van der Waals surface area (Å²) < 4.78 is 4.73. The number of carbonyl (C=O) groups excluding carboxylic acids is 3. The molecule has 1 saturated heterocycles. The number of likely N-dealkylation sites (tertiary alicyclic amines) is 1.